The van der Waals surface area contributed by atoms with Gasteiger partial charge in [-0.05, 0) is 5.56 Å². The van der Waals surface area contributed by atoms with Gasteiger partial charge in [-0.1, -0.05) is 42.8 Å². The molecule has 0 N–H and O–H groups in total. The molecule has 0 saturated heterocycles. The van der Waals surface area contributed by atoms with E-state index in [0.717, 1.165) is 0 Å². The Hall–Kier alpha value is -2.28. The molecule has 1 aromatic carbocycles. The van der Waals surface area contributed by atoms with Crippen LogP contribution in [-0.4, -0.2) is 12.8 Å². The van der Waals surface area contributed by atoms with Crippen LogP contribution in [0.2, 0.25) is 0 Å². The minimum absolute atomic E-state index is 0. The van der Waals surface area contributed by atoms with Gasteiger partial charge in [0.1, 0.15) is 12.7 Å². The van der Waals surface area contributed by atoms with E-state index >= 15 is 0 Å². The van der Waals surface area contributed by atoms with E-state index < -0.39 is 17.9 Å². The maximum absolute atomic E-state index is 12.6. The number of terminal acetylenes is 1. The Morgan fingerprint density at radius 1 is 0.871 bits per heavy atom. The average Bonchev–Trinajstić information content (AvgIpc) is 2.82. The smallest absolute Gasteiger partial charge is 0 e. The summed E-state index contributed by atoms with van der Waals surface area (Å²) in [5.74, 6) is 2.14. The second-order valence-corrected chi connectivity index (χ2v) is 3.33. The Balaban J connectivity index is -0.0000000545. The van der Waals surface area contributed by atoms with Gasteiger partial charge >= 0.3 is 74.0 Å². The van der Waals surface area contributed by atoms with Crippen molar-refractivity contribution >= 4 is 0 Å². The van der Waals surface area contributed by atoms with Gasteiger partial charge < -0.3 is 4.74 Å². The minimum atomic E-state index is -4.50. The van der Waals surface area contributed by atoms with E-state index in [1.54, 1.807) is 18.2 Å². The fourth-order valence-electron chi connectivity index (χ4n) is 1.31. The van der Waals surface area contributed by atoms with Crippen LogP contribution in [0.25, 0.3) is 0 Å². The second-order valence-electron chi connectivity index (χ2n) is 3.33. The van der Waals surface area contributed by atoms with Crippen molar-refractivity contribution < 1.29 is 79.4 Å². The molecule has 2 radical (unpaired) electrons. The molecule has 1 unspecified atom stereocenters. The van der Waals surface area contributed by atoms with Gasteiger partial charge in [0, 0.05) is 33.6 Å². The van der Waals surface area contributed by atoms with Crippen molar-refractivity contribution in [3.63, 3.8) is 0 Å². The fourth-order valence-corrected chi connectivity index (χ4v) is 1.31. The van der Waals surface area contributed by atoms with Crippen molar-refractivity contribution in [2.24, 2.45) is 0 Å². The van der Waals surface area contributed by atoms with Gasteiger partial charge in [-0.25, -0.2) is 0 Å². The van der Waals surface area contributed by atoms with Crippen LogP contribution in [0.5, 0.6) is 0 Å². The molecule has 0 aromatic heterocycles. The number of benzene rings is 1. The zero-order valence-corrected chi connectivity index (χ0v) is 17.2. The minimum Gasteiger partial charge on any atom is 0 e. The summed E-state index contributed by atoms with van der Waals surface area (Å²) < 4.78 is 87.8. The van der Waals surface area contributed by atoms with Gasteiger partial charge in [-0.3, -0.25) is 0 Å². The molecular formula is C19H11Co2F3O7. The first-order chi connectivity index (χ1) is 14.0. The molecule has 0 heterocycles. The van der Waals surface area contributed by atoms with Crippen molar-refractivity contribution in [2.45, 2.75) is 12.3 Å². The number of ether oxygens (including phenoxy) is 1. The summed E-state index contributed by atoms with van der Waals surface area (Å²) in [7, 11) is 0. The normalized spacial score (nSPS) is 7.42. The molecule has 12 heteroatoms. The molecule has 168 valence electrons. The molecule has 1 aromatic rings. The summed E-state index contributed by atoms with van der Waals surface area (Å²) in [6.07, 6.45) is -0.784. The molecule has 31 heavy (non-hydrogen) atoms. The molecule has 0 aliphatic rings. The molecule has 0 saturated carbocycles. The zero-order valence-electron chi connectivity index (χ0n) is 15.1. The van der Waals surface area contributed by atoms with E-state index in [4.69, 9.17) is 39.1 Å². The number of alkyl halides is 3. The Kier molecular flexibility index (Phi) is 76.4. The first-order valence-electron chi connectivity index (χ1n) is 6.05. The van der Waals surface area contributed by atoms with Crippen LogP contribution in [0.15, 0.2) is 42.5 Å². The monoisotopic (exact) mass is 526 g/mol. The molecule has 0 spiro atoms. The van der Waals surface area contributed by atoms with Gasteiger partial charge in [0.15, 0.2) is 0 Å². The van der Waals surface area contributed by atoms with Crippen molar-refractivity contribution in [2.75, 3.05) is 6.61 Å². The number of halogens is 3. The topological polar surface area (TPSA) is 129 Å². The maximum Gasteiger partial charge on any atom is 0 e. The van der Waals surface area contributed by atoms with E-state index in [1.807, 2.05) is 0 Å². The van der Waals surface area contributed by atoms with Crippen molar-refractivity contribution in [1.82, 2.24) is 0 Å². The largest absolute Gasteiger partial charge is 0 e. The third-order valence-electron chi connectivity index (χ3n) is 2.12. The summed E-state index contributed by atoms with van der Waals surface area (Å²) in [5.41, 5.74) is -0.580. The van der Waals surface area contributed by atoms with E-state index in [9.17, 15) is 13.2 Å². The van der Waals surface area contributed by atoms with Crippen molar-refractivity contribution in [1.29, 1.82) is 0 Å². The summed E-state index contributed by atoms with van der Waals surface area (Å²) in [5, 5.41) is 0. The molecular weight excluding hydrogens is 515 g/mol. The van der Waals surface area contributed by atoms with Gasteiger partial charge in [-0.15, -0.1) is 6.42 Å². The zero-order chi connectivity index (χ0) is 24.9. The van der Waals surface area contributed by atoms with E-state index in [1.165, 1.54) is 12.1 Å². The second kappa shape index (κ2) is 46.1. The average molecular weight is 526 g/mol. The van der Waals surface area contributed by atoms with Crippen molar-refractivity contribution in [3.8, 4) is 12.3 Å². The van der Waals surface area contributed by atoms with E-state index in [-0.39, 0.29) is 40.2 Å². The third kappa shape index (κ3) is 32.6. The Labute approximate surface area is 198 Å². The summed E-state index contributed by atoms with van der Waals surface area (Å²) in [6.45, 7) is 29.8. The maximum atomic E-state index is 12.6. The SMILES string of the molecule is C#CCOC(C(=C)C(F)(F)F)c1ccccc1.[C-]#[O+].[C-]#[O+].[C-]#[O+].[C-]#[O+].[C-]#[O+].[C-]#[O+].[Co].[Co]. The quantitative estimate of drug-likeness (QED) is 0.254. The van der Waals surface area contributed by atoms with E-state index in [0.29, 0.717) is 5.56 Å². The van der Waals surface area contributed by atoms with Crippen LogP contribution in [0.1, 0.15) is 11.7 Å². The first-order valence-corrected chi connectivity index (χ1v) is 6.05. The van der Waals surface area contributed by atoms with Crippen LogP contribution in [0.3, 0.4) is 0 Å². The van der Waals surface area contributed by atoms with Gasteiger partial charge in [0.05, 0.1) is 5.57 Å². The molecule has 0 fully saturated rings. The number of hydrogen-bond donors (Lipinski definition) is 0. The Morgan fingerprint density at radius 3 is 1.45 bits per heavy atom. The molecule has 0 aliphatic carbocycles. The Bertz CT molecular complexity index is 625. The van der Waals surface area contributed by atoms with Crippen LogP contribution < -0.4 is 0 Å². The Morgan fingerprint density at radius 2 is 1.19 bits per heavy atom. The standard InChI is InChI=1S/C13H11F3O.6CO.2Co/c1-3-9-17-12(10(2)13(14,15)16)11-7-5-4-6-8-11;6*1-2;;/h1,4-8,12H,2,9H2;;;;;;;;. The van der Waals surface area contributed by atoms with Gasteiger partial charge in [0.25, 0.3) is 0 Å². The molecule has 0 amide bonds. The van der Waals surface area contributed by atoms with Crippen molar-refractivity contribution in [3.05, 3.63) is 87.9 Å². The number of hydrogen-bond acceptors (Lipinski definition) is 1. The molecule has 0 bridgehead atoms. The van der Waals surface area contributed by atoms with Gasteiger partial charge in [-0.2, -0.15) is 13.2 Å². The molecule has 0 aliphatic heterocycles. The summed E-state index contributed by atoms with van der Waals surface area (Å²) >= 11 is 0. The summed E-state index contributed by atoms with van der Waals surface area (Å²) in [6, 6.07) is 8.05. The third-order valence-corrected chi connectivity index (χ3v) is 2.12. The molecule has 7 nitrogen and oxygen atoms in total. The number of rotatable bonds is 4. The first kappa shape index (κ1) is 51.4. The van der Waals surface area contributed by atoms with E-state index in [2.05, 4.69) is 52.4 Å². The summed E-state index contributed by atoms with van der Waals surface area (Å²) in [4.78, 5) is 0. The molecule has 1 atom stereocenters. The van der Waals surface area contributed by atoms with Crippen LogP contribution >= 0.6 is 0 Å². The van der Waals surface area contributed by atoms with Crippen LogP contribution in [0, 0.1) is 52.2 Å². The predicted molar refractivity (Wildman–Crippen MR) is 82.7 cm³/mol. The van der Waals surface area contributed by atoms with Crippen LogP contribution in [0.4, 0.5) is 13.2 Å². The molecule has 1 rings (SSSR count). The fraction of sp³-hybridized carbons (Fsp3) is 0.158. The van der Waals surface area contributed by atoms with Crippen LogP contribution in [-0.2, 0) is 66.2 Å². The van der Waals surface area contributed by atoms with Gasteiger partial charge in [0.2, 0.25) is 0 Å². The predicted octanol–water partition coefficient (Wildman–Crippen LogP) is 3.27.